The molecule has 142 valence electrons. The second-order valence-corrected chi connectivity index (χ2v) is 8.78. The van der Waals surface area contributed by atoms with E-state index in [9.17, 15) is 23.1 Å². The number of carbonyl (C=O) groups excluding carboxylic acids is 2. The maximum Gasteiger partial charge on any atom is 0.342 e. The summed E-state index contributed by atoms with van der Waals surface area (Å²) in [6, 6.07) is 3.79. The first kappa shape index (κ1) is 18.5. The molecule has 1 aromatic carbocycles. The lowest BCUT2D eigenvalue weighted by molar-refractivity contribution is -0.137. The van der Waals surface area contributed by atoms with Crippen LogP contribution in [0.25, 0.3) is 0 Å². The fourth-order valence-electron chi connectivity index (χ4n) is 3.14. The average molecular weight is 383 g/mol. The summed E-state index contributed by atoms with van der Waals surface area (Å²) >= 11 is 0. The molecular weight excluding hydrogens is 362 g/mol. The normalized spacial score (nSPS) is 21.2. The Morgan fingerprint density at radius 1 is 1.23 bits per heavy atom. The molecule has 0 unspecified atom stereocenters. The fraction of sp³-hybridized carbons (Fsp3) is 0.529. The van der Waals surface area contributed by atoms with Gasteiger partial charge in [0.25, 0.3) is 5.91 Å². The zero-order valence-electron chi connectivity index (χ0n) is 14.4. The van der Waals surface area contributed by atoms with Crippen molar-refractivity contribution in [3.63, 3.8) is 0 Å². The number of nitrogens with zero attached hydrogens (tertiary/aromatic N) is 1. The van der Waals surface area contributed by atoms with Crippen LogP contribution in [0.4, 0.5) is 0 Å². The molecule has 1 amide bonds. The lowest BCUT2D eigenvalue weighted by Crippen LogP contribution is -2.44. The Hall–Kier alpha value is -2.29. The van der Waals surface area contributed by atoms with Crippen LogP contribution in [0.3, 0.4) is 0 Å². The number of methoxy groups -OCH3 is 1. The molecule has 1 aliphatic carbocycles. The number of hydrogen-bond donors (Lipinski definition) is 1. The SMILES string of the molecule is COc1ccc(C(=O)OCC(=O)N(C2CC2)[C@H]2CCS(=O)(=O)C2)c(O)c1. The Labute approximate surface area is 151 Å². The number of hydrogen-bond acceptors (Lipinski definition) is 7. The van der Waals surface area contributed by atoms with Crippen LogP contribution in [-0.4, -0.2) is 67.6 Å². The number of benzene rings is 1. The summed E-state index contributed by atoms with van der Waals surface area (Å²) in [5, 5.41) is 9.85. The van der Waals surface area contributed by atoms with E-state index in [2.05, 4.69) is 0 Å². The van der Waals surface area contributed by atoms with Crippen molar-refractivity contribution < 1.29 is 32.6 Å². The Kier molecular flexibility index (Phi) is 5.08. The lowest BCUT2D eigenvalue weighted by Gasteiger charge is -2.28. The minimum Gasteiger partial charge on any atom is -0.507 e. The molecule has 0 aromatic heterocycles. The smallest absolute Gasteiger partial charge is 0.342 e. The van der Waals surface area contributed by atoms with Crippen LogP contribution in [0.5, 0.6) is 11.5 Å². The van der Waals surface area contributed by atoms with E-state index < -0.39 is 28.3 Å². The average Bonchev–Trinajstić information content (AvgIpc) is 3.35. The number of sulfone groups is 1. The zero-order chi connectivity index (χ0) is 18.9. The Morgan fingerprint density at radius 2 is 1.96 bits per heavy atom. The van der Waals surface area contributed by atoms with Gasteiger partial charge < -0.3 is 19.5 Å². The number of carbonyl (C=O) groups is 2. The maximum atomic E-state index is 12.5. The van der Waals surface area contributed by atoms with Gasteiger partial charge in [0.05, 0.1) is 18.6 Å². The van der Waals surface area contributed by atoms with Gasteiger partial charge in [-0.05, 0) is 31.4 Å². The summed E-state index contributed by atoms with van der Waals surface area (Å²) in [4.78, 5) is 26.2. The van der Waals surface area contributed by atoms with Crippen molar-refractivity contribution in [2.75, 3.05) is 25.2 Å². The molecule has 1 saturated heterocycles. The molecule has 8 nitrogen and oxygen atoms in total. The molecule has 1 heterocycles. The van der Waals surface area contributed by atoms with Gasteiger partial charge in [0, 0.05) is 18.2 Å². The Bertz CT molecular complexity index is 816. The van der Waals surface area contributed by atoms with Crippen molar-refractivity contribution in [1.82, 2.24) is 4.90 Å². The minimum atomic E-state index is -3.11. The predicted molar refractivity (Wildman–Crippen MR) is 91.9 cm³/mol. The van der Waals surface area contributed by atoms with Gasteiger partial charge in [-0.25, -0.2) is 13.2 Å². The van der Waals surface area contributed by atoms with Gasteiger partial charge in [-0.2, -0.15) is 0 Å². The topological polar surface area (TPSA) is 110 Å². The van der Waals surface area contributed by atoms with Gasteiger partial charge in [-0.3, -0.25) is 4.79 Å². The lowest BCUT2D eigenvalue weighted by atomic mass is 10.2. The van der Waals surface area contributed by atoms with Gasteiger partial charge >= 0.3 is 5.97 Å². The second-order valence-electron chi connectivity index (χ2n) is 6.55. The zero-order valence-corrected chi connectivity index (χ0v) is 15.2. The van der Waals surface area contributed by atoms with E-state index >= 15 is 0 Å². The highest BCUT2D eigenvalue weighted by molar-refractivity contribution is 7.91. The van der Waals surface area contributed by atoms with Crippen LogP contribution >= 0.6 is 0 Å². The largest absolute Gasteiger partial charge is 0.507 e. The van der Waals surface area contributed by atoms with Crippen LogP contribution in [0, 0.1) is 0 Å². The van der Waals surface area contributed by atoms with Crippen LogP contribution < -0.4 is 4.74 Å². The molecule has 2 fully saturated rings. The monoisotopic (exact) mass is 383 g/mol. The van der Waals surface area contributed by atoms with Crippen LogP contribution in [-0.2, 0) is 19.4 Å². The molecule has 0 radical (unpaired) electrons. The van der Waals surface area contributed by atoms with Gasteiger partial charge in [0.1, 0.15) is 17.1 Å². The first-order valence-corrected chi connectivity index (χ1v) is 10.2. The molecule has 9 heteroatoms. The summed E-state index contributed by atoms with van der Waals surface area (Å²) < 4.78 is 33.4. The molecule has 0 spiro atoms. The highest BCUT2D eigenvalue weighted by Crippen LogP contribution is 2.32. The summed E-state index contributed by atoms with van der Waals surface area (Å²) in [5.74, 6) is -1.11. The van der Waals surface area contributed by atoms with E-state index in [-0.39, 0.29) is 34.9 Å². The van der Waals surface area contributed by atoms with Gasteiger partial charge in [-0.1, -0.05) is 0 Å². The fourth-order valence-corrected chi connectivity index (χ4v) is 4.85. The predicted octanol–water partition coefficient (Wildman–Crippen LogP) is 0.736. The second kappa shape index (κ2) is 7.14. The van der Waals surface area contributed by atoms with E-state index in [1.54, 1.807) is 4.90 Å². The quantitative estimate of drug-likeness (QED) is 0.721. The third-order valence-corrected chi connectivity index (χ3v) is 6.33. The van der Waals surface area contributed by atoms with Crippen LogP contribution in [0.15, 0.2) is 18.2 Å². The number of esters is 1. The van der Waals surface area contributed by atoms with Crippen LogP contribution in [0.2, 0.25) is 0 Å². The molecule has 1 N–H and O–H groups in total. The standard InChI is InChI=1S/C17H21NO7S/c1-24-13-4-5-14(15(19)8-13)17(21)25-9-16(20)18(11-2-3-11)12-6-7-26(22,23)10-12/h4-5,8,11-12,19H,2-3,6-7,9-10H2,1H3/t12-/m0/s1. The number of rotatable bonds is 6. The molecule has 1 saturated carbocycles. The highest BCUT2D eigenvalue weighted by atomic mass is 32.2. The van der Waals surface area contributed by atoms with E-state index in [0.29, 0.717) is 12.2 Å². The van der Waals surface area contributed by atoms with Crippen molar-refractivity contribution in [1.29, 1.82) is 0 Å². The number of amides is 1. The van der Waals surface area contributed by atoms with Crippen molar-refractivity contribution in [3.05, 3.63) is 23.8 Å². The molecule has 26 heavy (non-hydrogen) atoms. The van der Waals surface area contributed by atoms with E-state index in [1.165, 1.54) is 25.3 Å². The summed E-state index contributed by atoms with van der Waals surface area (Å²) in [6.45, 7) is -0.489. The summed E-state index contributed by atoms with van der Waals surface area (Å²) in [7, 11) is -1.68. The van der Waals surface area contributed by atoms with E-state index in [1.807, 2.05) is 0 Å². The van der Waals surface area contributed by atoms with Crippen molar-refractivity contribution >= 4 is 21.7 Å². The number of ether oxygens (including phenoxy) is 2. The van der Waals surface area contributed by atoms with Gasteiger partial charge in [0.15, 0.2) is 16.4 Å². The molecule has 1 aromatic rings. The molecule has 3 rings (SSSR count). The first-order chi connectivity index (χ1) is 12.3. The van der Waals surface area contributed by atoms with Gasteiger partial charge in [0.2, 0.25) is 0 Å². The molecule has 1 aliphatic heterocycles. The summed E-state index contributed by atoms with van der Waals surface area (Å²) in [5.41, 5.74) is -0.0694. The van der Waals surface area contributed by atoms with Crippen molar-refractivity contribution in [2.45, 2.75) is 31.3 Å². The van der Waals surface area contributed by atoms with Crippen molar-refractivity contribution in [3.8, 4) is 11.5 Å². The minimum absolute atomic E-state index is 0.0221. The number of aromatic hydroxyl groups is 1. The molecule has 0 bridgehead atoms. The number of phenolic OH excluding ortho intramolecular Hbond substituents is 1. The summed E-state index contributed by atoms with van der Waals surface area (Å²) in [6.07, 6.45) is 2.07. The number of phenols is 1. The van der Waals surface area contributed by atoms with Crippen LogP contribution in [0.1, 0.15) is 29.6 Å². The highest BCUT2D eigenvalue weighted by Gasteiger charge is 2.42. The maximum absolute atomic E-state index is 12.5. The van der Waals surface area contributed by atoms with E-state index in [4.69, 9.17) is 9.47 Å². The molecular formula is C17H21NO7S. The first-order valence-electron chi connectivity index (χ1n) is 8.36. The van der Waals surface area contributed by atoms with E-state index in [0.717, 1.165) is 12.8 Å². The third-order valence-electron chi connectivity index (χ3n) is 4.58. The molecule has 1 atom stereocenters. The third kappa shape index (κ3) is 4.09. The van der Waals surface area contributed by atoms with Gasteiger partial charge in [-0.15, -0.1) is 0 Å². The Balaban J connectivity index is 1.62. The van der Waals surface area contributed by atoms with Crippen molar-refractivity contribution in [2.24, 2.45) is 0 Å². The molecule has 2 aliphatic rings. The Morgan fingerprint density at radius 3 is 2.50 bits per heavy atom.